The van der Waals surface area contributed by atoms with Crippen molar-refractivity contribution in [3.8, 4) is 0 Å². The average Bonchev–Trinajstić information content (AvgIpc) is 2.32. The Morgan fingerprint density at radius 1 is 1.00 bits per heavy atom. The van der Waals surface area contributed by atoms with Gasteiger partial charge in [0.15, 0.2) is 0 Å². The van der Waals surface area contributed by atoms with E-state index < -0.39 is 15.9 Å². The smallest absolute Gasteiger partial charge is 0.423 e. The summed E-state index contributed by atoms with van der Waals surface area (Å²) in [4.78, 5) is 0. The van der Waals surface area contributed by atoms with Crippen LogP contribution in [0.2, 0.25) is 0 Å². The molecule has 5 nitrogen and oxygen atoms in total. The van der Waals surface area contributed by atoms with Gasteiger partial charge in [-0.1, -0.05) is 24.3 Å². The molecule has 0 aromatic heterocycles. The van der Waals surface area contributed by atoms with Gasteiger partial charge in [0.1, 0.15) is 0 Å². The van der Waals surface area contributed by atoms with Gasteiger partial charge in [0.05, 0.1) is 0 Å². The molecule has 0 saturated carbocycles. The monoisotopic (exact) mass is 242 g/mol. The minimum absolute atomic E-state index is 0.333. The fourth-order valence-corrected chi connectivity index (χ4v) is 3.61. The van der Waals surface area contributed by atoms with Gasteiger partial charge >= 0.3 is 15.9 Å². The fourth-order valence-electron chi connectivity index (χ4n) is 1.58. The number of hydrogen-bond donors (Lipinski definition) is 2. The zero-order valence-electron chi connectivity index (χ0n) is 9.51. The number of benzene rings is 1. The lowest BCUT2D eigenvalue weighted by atomic mass is 9.80. The molecule has 7 heteroatoms. The van der Waals surface area contributed by atoms with Crippen LogP contribution in [0.1, 0.15) is 0 Å². The van der Waals surface area contributed by atoms with E-state index >= 15 is 0 Å². The summed E-state index contributed by atoms with van der Waals surface area (Å²) >= 11 is 0. The Labute approximate surface area is 96.1 Å². The van der Waals surface area contributed by atoms with Crippen LogP contribution in [0.25, 0.3) is 0 Å². The van der Waals surface area contributed by atoms with Crippen LogP contribution < -0.4 is 10.6 Å². The highest BCUT2D eigenvalue weighted by Gasteiger charge is 2.43. The highest BCUT2D eigenvalue weighted by molar-refractivity contribution is 6.81. The minimum Gasteiger partial charge on any atom is -0.423 e. The maximum Gasteiger partial charge on any atom is 0.536 e. The van der Waals surface area contributed by atoms with E-state index in [1.807, 2.05) is 0 Å². The summed E-state index contributed by atoms with van der Waals surface area (Å²) in [6.45, 7) is 0. The molecule has 2 N–H and O–H groups in total. The van der Waals surface area contributed by atoms with Gasteiger partial charge in [-0.2, -0.15) is 0 Å². The van der Waals surface area contributed by atoms with Crippen LogP contribution in [0.5, 0.6) is 0 Å². The lowest BCUT2D eigenvalue weighted by Gasteiger charge is -2.26. The molecule has 0 radical (unpaired) electrons. The molecule has 0 amide bonds. The van der Waals surface area contributed by atoms with Gasteiger partial charge < -0.3 is 23.3 Å². The Bertz CT molecular complexity index is 334. The normalized spacial score (nSPS) is 11.6. The van der Waals surface area contributed by atoms with E-state index in [9.17, 15) is 10.0 Å². The molecule has 0 aliphatic rings. The first kappa shape index (κ1) is 13.4. The molecule has 0 aliphatic carbocycles. The molecule has 0 aliphatic heterocycles. The largest absolute Gasteiger partial charge is 0.536 e. The van der Waals surface area contributed by atoms with Gasteiger partial charge in [-0.25, -0.2) is 0 Å². The van der Waals surface area contributed by atoms with Gasteiger partial charge in [0.2, 0.25) is 0 Å². The van der Waals surface area contributed by atoms with E-state index in [1.54, 1.807) is 24.3 Å². The quantitative estimate of drug-likeness (QED) is 0.612. The van der Waals surface area contributed by atoms with E-state index in [-0.39, 0.29) is 0 Å². The second-order valence-electron chi connectivity index (χ2n) is 3.13. The number of hydrogen-bond acceptors (Lipinski definition) is 5. The summed E-state index contributed by atoms with van der Waals surface area (Å²) in [6.07, 6.45) is 0. The fraction of sp³-hybridized carbons (Fsp3) is 0.333. The molecule has 0 fully saturated rings. The van der Waals surface area contributed by atoms with Crippen LogP contribution in [0.3, 0.4) is 0 Å². The predicted molar refractivity (Wildman–Crippen MR) is 62.7 cm³/mol. The van der Waals surface area contributed by atoms with E-state index in [1.165, 1.54) is 21.3 Å². The van der Waals surface area contributed by atoms with Gasteiger partial charge in [-0.05, 0) is 5.46 Å². The average molecular weight is 242 g/mol. The summed E-state index contributed by atoms with van der Waals surface area (Å²) in [5.41, 5.74) is 0.333. The first-order valence-electron chi connectivity index (χ1n) is 4.72. The van der Waals surface area contributed by atoms with Crippen LogP contribution in [0.15, 0.2) is 24.3 Å². The van der Waals surface area contributed by atoms with Crippen molar-refractivity contribution < 1.29 is 23.3 Å². The summed E-state index contributed by atoms with van der Waals surface area (Å²) in [6, 6.07) is 6.77. The Hall–Kier alpha value is -0.698. The van der Waals surface area contributed by atoms with Crippen molar-refractivity contribution in [2.75, 3.05) is 21.3 Å². The van der Waals surface area contributed by atoms with E-state index in [0.29, 0.717) is 10.6 Å². The van der Waals surface area contributed by atoms with Crippen LogP contribution in [0, 0.1) is 0 Å². The molecule has 1 aromatic carbocycles. The molecule has 88 valence electrons. The molecular weight excluding hydrogens is 227 g/mol. The molecule has 0 saturated heterocycles. The van der Waals surface area contributed by atoms with Gasteiger partial charge in [0, 0.05) is 26.5 Å². The maximum absolute atomic E-state index is 9.27. The topological polar surface area (TPSA) is 68.2 Å². The highest BCUT2D eigenvalue weighted by Crippen LogP contribution is 2.05. The zero-order chi connectivity index (χ0) is 12.2. The van der Waals surface area contributed by atoms with Crippen molar-refractivity contribution in [3.05, 3.63) is 24.3 Å². The van der Waals surface area contributed by atoms with E-state index in [4.69, 9.17) is 13.3 Å². The third-order valence-electron chi connectivity index (χ3n) is 2.38. The third-order valence-corrected chi connectivity index (χ3v) is 5.10. The van der Waals surface area contributed by atoms with Crippen molar-refractivity contribution in [2.45, 2.75) is 0 Å². The Morgan fingerprint density at radius 2 is 1.50 bits per heavy atom. The van der Waals surface area contributed by atoms with Gasteiger partial charge in [-0.15, -0.1) is 0 Å². The number of rotatable bonds is 5. The van der Waals surface area contributed by atoms with Crippen molar-refractivity contribution in [3.63, 3.8) is 0 Å². The molecule has 0 atom stereocenters. The van der Waals surface area contributed by atoms with Gasteiger partial charge in [0.25, 0.3) is 0 Å². The predicted octanol–water partition coefficient (Wildman–Crippen LogP) is -1.55. The zero-order valence-corrected chi connectivity index (χ0v) is 10.5. The molecule has 1 aromatic rings. The van der Waals surface area contributed by atoms with Crippen molar-refractivity contribution in [1.29, 1.82) is 0 Å². The lowest BCUT2D eigenvalue weighted by molar-refractivity contribution is 0.140. The van der Waals surface area contributed by atoms with Crippen molar-refractivity contribution >= 4 is 26.6 Å². The van der Waals surface area contributed by atoms with Crippen LogP contribution in [-0.2, 0) is 13.3 Å². The molecule has 16 heavy (non-hydrogen) atoms. The molecule has 0 unspecified atom stereocenters. The summed E-state index contributed by atoms with van der Waals surface area (Å²) < 4.78 is 15.9. The molecule has 0 spiro atoms. The molecule has 1 rings (SSSR count). The summed E-state index contributed by atoms with van der Waals surface area (Å²) in [7, 11) is -0.185. The van der Waals surface area contributed by atoms with Crippen LogP contribution in [-0.4, -0.2) is 47.3 Å². The lowest BCUT2D eigenvalue weighted by Crippen LogP contribution is -2.62. The standard InChI is InChI=1S/C9H15BO5Si/c1-13-16(14-2,15-3)9-7-5-4-6-8(9)10(11)12/h4-7,11-12H,1-3H3. The summed E-state index contributed by atoms with van der Waals surface area (Å²) in [5, 5.41) is 19.1. The molecule has 0 bridgehead atoms. The maximum atomic E-state index is 9.27. The first-order valence-corrected chi connectivity index (χ1v) is 6.44. The minimum atomic E-state index is -3.02. The third kappa shape index (κ3) is 2.34. The Kier molecular flexibility index (Phi) is 4.66. The SMILES string of the molecule is CO[Si](OC)(OC)c1ccccc1B(O)O. The van der Waals surface area contributed by atoms with E-state index in [0.717, 1.165) is 0 Å². The Morgan fingerprint density at radius 3 is 1.94 bits per heavy atom. The van der Waals surface area contributed by atoms with Gasteiger partial charge in [-0.3, -0.25) is 0 Å². The second kappa shape index (κ2) is 5.58. The van der Waals surface area contributed by atoms with Crippen LogP contribution >= 0.6 is 0 Å². The van der Waals surface area contributed by atoms with Crippen LogP contribution in [0.4, 0.5) is 0 Å². The van der Waals surface area contributed by atoms with Crippen molar-refractivity contribution in [2.24, 2.45) is 0 Å². The molecular formula is C9H15BO5Si. The van der Waals surface area contributed by atoms with E-state index in [2.05, 4.69) is 0 Å². The first-order chi connectivity index (χ1) is 7.61. The molecule has 0 heterocycles. The Balaban J connectivity index is 3.29. The summed E-state index contributed by atoms with van der Waals surface area (Å²) in [5.74, 6) is 0. The van der Waals surface area contributed by atoms with Crippen molar-refractivity contribution in [1.82, 2.24) is 0 Å². The second-order valence-corrected chi connectivity index (χ2v) is 6.01. The highest BCUT2D eigenvalue weighted by atomic mass is 28.4.